The lowest BCUT2D eigenvalue weighted by Crippen LogP contribution is -1.99. The number of aromatic amines is 1. The SMILES string of the molecule is Cc1n[nH]c(C)c1NCc1ccsc1. The van der Waals surface area contributed by atoms with Gasteiger partial charge in [0.15, 0.2) is 0 Å². The van der Waals surface area contributed by atoms with Gasteiger partial charge in [0.2, 0.25) is 0 Å². The number of thiophene rings is 1. The number of rotatable bonds is 3. The summed E-state index contributed by atoms with van der Waals surface area (Å²) in [5, 5.41) is 14.7. The largest absolute Gasteiger partial charge is 0.378 e. The van der Waals surface area contributed by atoms with Crippen LogP contribution in [0, 0.1) is 13.8 Å². The maximum Gasteiger partial charge on any atom is 0.0825 e. The van der Waals surface area contributed by atoms with E-state index in [2.05, 4.69) is 32.3 Å². The molecule has 3 nitrogen and oxygen atoms in total. The molecule has 74 valence electrons. The lowest BCUT2D eigenvalue weighted by Gasteiger charge is -2.04. The summed E-state index contributed by atoms with van der Waals surface area (Å²) in [7, 11) is 0. The predicted molar refractivity (Wildman–Crippen MR) is 59.7 cm³/mol. The van der Waals surface area contributed by atoms with Gasteiger partial charge in [0.05, 0.1) is 17.1 Å². The van der Waals surface area contributed by atoms with Crippen LogP contribution in [0.4, 0.5) is 5.69 Å². The zero-order valence-electron chi connectivity index (χ0n) is 8.29. The molecular formula is C10H13N3S. The van der Waals surface area contributed by atoms with Crippen molar-refractivity contribution in [3.05, 3.63) is 33.8 Å². The monoisotopic (exact) mass is 207 g/mol. The topological polar surface area (TPSA) is 40.7 Å². The Morgan fingerprint density at radius 1 is 1.50 bits per heavy atom. The summed E-state index contributed by atoms with van der Waals surface area (Å²) in [6, 6.07) is 2.13. The van der Waals surface area contributed by atoms with Crippen LogP contribution in [0.15, 0.2) is 16.8 Å². The van der Waals surface area contributed by atoms with Gasteiger partial charge in [-0.25, -0.2) is 0 Å². The van der Waals surface area contributed by atoms with Crippen molar-refractivity contribution < 1.29 is 0 Å². The van der Waals surface area contributed by atoms with Crippen LogP contribution in [0.25, 0.3) is 0 Å². The summed E-state index contributed by atoms with van der Waals surface area (Å²) in [5.74, 6) is 0. The van der Waals surface area contributed by atoms with Gasteiger partial charge in [0.25, 0.3) is 0 Å². The number of H-pyrrole nitrogens is 1. The fourth-order valence-corrected chi connectivity index (χ4v) is 2.06. The highest BCUT2D eigenvalue weighted by atomic mass is 32.1. The fourth-order valence-electron chi connectivity index (χ4n) is 1.40. The van der Waals surface area contributed by atoms with E-state index in [9.17, 15) is 0 Å². The van der Waals surface area contributed by atoms with Crippen molar-refractivity contribution in [2.45, 2.75) is 20.4 Å². The smallest absolute Gasteiger partial charge is 0.0825 e. The Bertz CT molecular complexity index is 383. The molecule has 2 heterocycles. The first-order valence-electron chi connectivity index (χ1n) is 4.54. The summed E-state index contributed by atoms with van der Waals surface area (Å²) in [6.07, 6.45) is 0. The minimum atomic E-state index is 0.866. The standard InChI is InChI=1S/C10H13N3S/c1-7-10(8(2)13-12-7)11-5-9-3-4-14-6-9/h3-4,6,11H,5H2,1-2H3,(H,12,13). The second-order valence-electron chi connectivity index (χ2n) is 3.29. The first-order valence-corrected chi connectivity index (χ1v) is 5.48. The normalized spacial score (nSPS) is 10.4. The van der Waals surface area contributed by atoms with Crippen LogP contribution in [0.1, 0.15) is 17.0 Å². The van der Waals surface area contributed by atoms with E-state index in [0.29, 0.717) is 0 Å². The third kappa shape index (κ3) is 1.80. The second kappa shape index (κ2) is 3.84. The van der Waals surface area contributed by atoms with E-state index >= 15 is 0 Å². The third-order valence-corrected chi connectivity index (χ3v) is 2.91. The Morgan fingerprint density at radius 3 is 2.93 bits per heavy atom. The molecule has 2 aromatic heterocycles. The number of nitrogens with zero attached hydrogens (tertiary/aromatic N) is 1. The highest BCUT2D eigenvalue weighted by molar-refractivity contribution is 7.07. The highest BCUT2D eigenvalue weighted by Gasteiger charge is 2.04. The van der Waals surface area contributed by atoms with Gasteiger partial charge in [-0.05, 0) is 36.2 Å². The van der Waals surface area contributed by atoms with Crippen LogP contribution in [-0.2, 0) is 6.54 Å². The summed E-state index contributed by atoms with van der Waals surface area (Å²) in [6.45, 7) is 4.89. The molecule has 0 atom stereocenters. The Balaban J connectivity index is 2.05. The van der Waals surface area contributed by atoms with Gasteiger partial charge in [0, 0.05) is 6.54 Å². The van der Waals surface area contributed by atoms with E-state index in [1.165, 1.54) is 5.56 Å². The zero-order chi connectivity index (χ0) is 9.97. The maximum absolute atomic E-state index is 4.13. The molecule has 0 saturated carbocycles. The van der Waals surface area contributed by atoms with E-state index in [-0.39, 0.29) is 0 Å². The maximum atomic E-state index is 4.13. The highest BCUT2D eigenvalue weighted by Crippen LogP contribution is 2.17. The fraction of sp³-hybridized carbons (Fsp3) is 0.300. The molecule has 2 aromatic rings. The van der Waals surface area contributed by atoms with Crippen LogP contribution in [0.5, 0.6) is 0 Å². The molecule has 0 aromatic carbocycles. The Labute approximate surface area is 87.2 Å². The van der Waals surface area contributed by atoms with Gasteiger partial charge in [-0.1, -0.05) is 0 Å². The molecule has 0 amide bonds. The summed E-state index contributed by atoms with van der Waals surface area (Å²) < 4.78 is 0. The van der Waals surface area contributed by atoms with Crippen molar-refractivity contribution in [1.82, 2.24) is 10.2 Å². The van der Waals surface area contributed by atoms with Crippen molar-refractivity contribution in [3.63, 3.8) is 0 Å². The van der Waals surface area contributed by atoms with E-state index in [1.807, 2.05) is 13.8 Å². The third-order valence-electron chi connectivity index (χ3n) is 2.18. The van der Waals surface area contributed by atoms with Crippen LogP contribution < -0.4 is 5.32 Å². The van der Waals surface area contributed by atoms with Crippen molar-refractivity contribution in [1.29, 1.82) is 0 Å². The van der Waals surface area contributed by atoms with Gasteiger partial charge >= 0.3 is 0 Å². The van der Waals surface area contributed by atoms with Crippen molar-refractivity contribution in [2.75, 3.05) is 5.32 Å². The number of hydrogen-bond donors (Lipinski definition) is 2. The number of aromatic nitrogens is 2. The number of anilines is 1. The van der Waals surface area contributed by atoms with Crippen molar-refractivity contribution in [3.8, 4) is 0 Å². The molecule has 0 fully saturated rings. The van der Waals surface area contributed by atoms with E-state index in [1.54, 1.807) is 11.3 Å². The molecule has 0 saturated heterocycles. The Morgan fingerprint density at radius 2 is 2.36 bits per heavy atom. The van der Waals surface area contributed by atoms with E-state index in [0.717, 1.165) is 23.6 Å². The lowest BCUT2D eigenvalue weighted by atomic mass is 10.3. The van der Waals surface area contributed by atoms with Gasteiger partial charge in [-0.2, -0.15) is 16.4 Å². The van der Waals surface area contributed by atoms with E-state index < -0.39 is 0 Å². The minimum absolute atomic E-state index is 0.866. The molecule has 4 heteroatoms. The van der Waals surface area contributed by atoms with Gasteiger partial charge in [0.1, 0.15) is 0 Å². The quantitative estimate of drug-likeness (QED) is 0.812. The number of hydrogen-bond acceptors (Lipinski definition) is 3. The van der Waals surface area contributed by atoms with Crippen LogP contribution in [-0.4, -0.2) is 10.2 Å². The van der Waals surface area contributed by atoms with Crippen LogP contribution in [0.2, 0.25) is 0 Å². The molecule has 0 aliphatic heterocycles. The average Bonchev–Trinajstić information content (AvgIpc) is 2.76. The molecular weight excluding hydrogens is 194 g/mol. The van der Waals surface area contributed by atoms with Crippen LogP contribution >= 0.6 is 11.3 Å². The van der Waals surface area contributed by atoms with Crippen molar-refractivity contribution >= 4 is 17.0 Å². The summed E-state index contributed by atoms with van der Waals surface area (Å²) >= 11 is 1.72. The molecule has 0 radical (unpaired) electrons. The van der Waals surface area contributed by atoms with Crippen molar-refractivity contribution in [2.24, 2.45) is 0 Å². The average molecular weight is 207 g/mol. The van der Waals surface area contributed by atoms with E-state index in [4.69, 9.17) is 0 Å². The lowest BCUT2D eigenvalue weighted by molar-refractivity contribution is 1.02. The molecule has 0 aliphatic rings. The van der Waals surface area contributed by atoms with Gasteiger partial charge in [-0.15, -0.1) is 0 Å². The molecule has 0 spiro atoms. The Hall–Kier alpha value is -1.29. The number of nitrogens with one attached hydrogen (secondary N) is 2. The minimum Gasteiger partial charge on any atom is -0.378 e. The summed E-state index contributed by atoms with van der Waals surface area (Å²) in [4.78, 5) is 0. The first kappa shape index (κ1) is 9.27. The summed E-state index contributed by atoms with van der Waals surface area (Å²) in [5.41, 5.74) is 4.56. The Kier molecular flexibility index (Phi) is 2.54. The second-order valence-corrected chi connectivity index (χ2v) is 4.07. The van der Waals surface area contributed by atoms with Gasteiger partial charge < -0.3 is 5.32 Å². The number of aryl methyl sites for hydroxylation is 2. The predicted octanol–water partition coefficient (Wildman–Crippen LogP) is 2.70. The molecule has 14 heavy (non-hydrogen) atoms. The van der Waals surface area contributed by atoms with Gasteiger partial charge in [-0.3, -0.25) is 5.10 Å². The first-order chi connectivity index (χ1) is 6.77. The molecule has 2 rings (SSSR count). The molecule has 0 aliphatic carbocycles. The zero-order valence-corrected chi connectivity index (χ0v) is 9.11. The molecule has 0 unspecified atom stereocenters. The molecule has 0 bridgehead atoms. The van der Waals surface area contributed by atoms with Crippen LogP contribution in [0.3, 0.4) is 0 Å². The molecule has 2 N–H and O–H groups in total.